The molecule has 134 valence electrons. The standard InChI is InChI=1S/C24H27NO/c1-3-8-20(4-2)19-25-17-15-22(16-18-25)21-11-13-24(14-12-21)26-23-9-6-5-7-10-23/h3-14,22H,1-2,15-19H2/b20-8+. The van der Waals surface area contributed by atoms with Gasteiger partial charge in [-0.05, 0) is 67.3 Å². The quantitative estimate of drug-likeness (QED) is 0.574. The lowest BCUT2D eigenvalue weighted by molar-refractivity contribution is 0.229. The van der Waals surface area contributed by atoms with E-state index in [0.29, 0.717) is 5.92 Å². The number of piperidine rings is 1. The Labute approximate surface area is 157 Å². The van der Waals surface area contributed by atoms with E-state index in [9.17, 15) is 0 Å². The summed E-state index contributed by atoms with van der Waals surface area (Å²) in [5.74, 6) is 2.40. The average Bonchev–Trinajstić information content (AvgIpc) is 2.70. The minimum atomic E-state index is 0.632. The van der Waals surface area contributed by atoms with Crippen molar-refractivity contribution in [3.05, 3.63) is 97.1 Å². The van der Waals surface area contributed by atoms with E-state index in [1.54, 1.807) is 0 Å². The maximum Gasteiger partial charge on any atom is 0.127 e. The van der Waals surface area contributed by atoms with Crippen molar-refractivity contribution in [2.24, 2.45) is 0 Å². The van der Waals surface area contributed by atoms with Crippen molar-refractivity contribution in [3.63, 3.8) is 0 Å². The van der Waals surface area contributed by atoms with E-state index in [0.717, 1.165) is 31.1 Å². The van der Waals surface area contributed by atoms with Crippen LogP contribution in [0.2, 0.25) is 0 Å². The molecule has 1 saturated heterocycles. The number of likely N-dealkylation sites (tertiary alicyclic amines) is 1. The van der Waals surface area contributed by atoms with Crippen LogP contribution in [0.4, 0.5) is 0 Å². The molecule has 0 aliphatic carbocycles. The van der Waals surface area contributed by atoms with Gasteiger partial charge >= 0.3 is 0 Å². The molecule has 26 heavy (non-hydrogen) atoms. The number of allylic oxidation sites excluding steroid dienone is 2. The Balaban J connectivity index is 1.54. The summed E-state index contributed by atoms with van der Waals surface area (Å²) in [6.07, 6.45) is 8.20. The summed E-state index contributed by atoms with van der Waals surface area (Å²) in [5, 5.41) is 0. The fourth-order valence-electron chi connectivity index (χ4n) is 3.45. The van der Waals surface area contributed by atoms with Crippen LogP contribution in [0, 0.1) is 0 Å². The van der Waals surface area contributed by atoms with Crippen molar-refractivity contribution in [2.75, 3.05) is 19.6 Å². The lowest BCUT2D eigenvalue weighted by Crippen LogP contribution is -2.34. The van der Waals surface area contributed by atoms with E-state index < -0.39 is 0 Å². The number of rotatable bonds is 7. The molecular weight excluding hydrogens is 318 g/mol. The highest BCUT2D eigenvalue weighted by Crippen LogP contribution is 2.30. The van der Waals surface area contributed by atoms with Gasteiger partial charge in [-0.3, -0.25) is 4.90 Å². The number of hydrogen-bond donors (Lipinski definition) is 0. The predicted molar refractivity (Wildman–Crippen MR) is 110 cm³/mol. The molecule has 1 aliphatic heterocycles. The van der Waals surface area contributed by atoms with Gasteiger partial charge < -0.3 is 4.74 Å². The smallest absolute Gasteiger partial charge is 0.127 e. The van der Waals surface area contributed by atoms with E-state index in [-0.39, 0.29) is 0 Å². The molecule has 0 atom stereocenters. The maximum atomic E-state index is 5.88. The lowest BCUT2D eigenvalue weighted by atomic mass is 9.89. The topological polar surface area (TPSA) is 12.5 Å². The van der Waals surface area contributed by atoms with Crippen LogP contribution in [-0.2, 0) is 0 Å². The van der Waals surface area contributed by atoms with Crippen molar-refractivity contribution < 1.29 is 4.74 Å². The lowest BCUT2D eigenvalue weighted by Gasteiger charge is -2.32. The molecule has 0 unspecified atom stereocenters. The fraction of sp³-hybridized carbons (Fsp3) is 0.250. The molecule has 0 amide bonds. The summed E-state index contributed by atoms with van der Waals surface area (Å²) in [6, 6.07) is 18.5. The highest BCUT2D eigenvalue weighted by molar-refractivity contribution is 5.34. The first kappa shape index (κ1) is 18.2. The molecule has 0 radical (unpaired) electrons. The molecule has 2 heteroatoms. The van der Waals surface area contributed by atoms with Crippen LogP contribution < -0.4 is 4.74 Å². The molecule has 3 rings (SSSR count). The molecule has 0 bridgehead atoms. The number of benzene rings is 2. The van der Waals surface area contributed by atoms with Crippen LogP contribution in [0.15, 0.2) is 91.6 Å². The van der Waals surface area contributed by atoms with E-state index in [1.165, 1.54) is 24.0 Å². The SMILES string of the molecule is C=C/C=C(\C=C)CN1CCC(c2ccc(Oc3ccccc3)cc2)CC1. The second kappa shape index (κ2) is 9.21. The van der Waals surface area contributed by atoms with E-state index in [1.807, 2.05) is 48.6 Å². The zero-order valence-electron chi connectivity index (χ0n) is 15.3. The summed E-state index contributed by atoms with van der Waals surface area (Å²) in [5.41, 5.74) is 2.65. The first-order chi connectivity index (χ1) is 12.8. The van der Waals surface area contributed by atoms with Gasteiger partial charge in [0.05, 0.1) is 0 Å². The first-order valence-corrected chi connectivity index (χ1v) is 9.27. The molecule has 0 N–H and O–H groups in total. The zero-order valence-corrected chi connectivity index (χ0v) is 15.3. The van der Waals surface area contributed by atoms with Crippen molar-refractivity contribution in [3.8, 4) is 11.5 Å². The molecule has 2 nitrogen and oxygen atoms in total. The monoisotopic (exact) mass is 345 g/mol. The summed E-state index contributed by atoms with van der Waals surface area (Å²) in [6.45, 7) is 10.9. The van der Waals surface area contributed by atoms with Crippen LogP contribution in [-0.4, -0.2) is 24.5 Å². The highest BCUT2D eigenvalue weighted by atomic mass is 16.5. The average molecular weight is 345 g/mol. The number of nitrogens with zero attached hydrogens (tertiary/aromatic N) is 1. The van der Waals surface area contributed by atoms with Crippen LogP contribution >= 0.6 is 0 Å². The predicted octanol–water partition coefficient (Wildman–Crippen LogP) is 5.96. The molecular formula is C24H27NO. The number of para-hydroxylation sites is 1. The largest absolute Gasteiger partial charge is 0.457 e. The maximum absolute atomic E-state index is 5.88. The van der Waals surface area contributed by atoms with Gasteiger partial charge in [0.1, 0.15) is 11.5 Å². The Hall–Kier alpha value is -2.58. The highest BCUT2D eigenvalue weighted by Gasteiger charge is 2.20. The Morgan fingerprint density at radius 2 is 1.62 bits per heavy atom. The minimum absolute atomic E-state index is 0.632. The Morgan fingerprint density at radius 3 is 2.23 bits per heavy atom. The molecule has 1 heterocycles. The van der Waals surface area contributed by atoms with Gasteiger partial charge in [-0.1, -0.05) is 61.7 Å². The Kier molecular flexibility index (Phi) is 6.45. The molecule has 0 aromatic heterocycles. The summed E-state index contributed by atoms with van der Waals surface area (Å²) in [4.78, 5) is 2.50. The summed E-state index contributed by atoms with van der Waals surface area (Å²) < 4.78 is 5.88. The summed E-state index contributed by atoms with van der Waals surface area (Å²) in [7, 11) is 0. The molecule has 1 aliphatic rings. The van der Waals surface area contributed by atoms with Gasteiger partial charge in [0, 0.05) is 6.54 Å². The molecule has 2 aromatic carbocycles. The van der Waals surface area contributed by atoms with Gasteiger partial charge in [0.15, 0.2) is 0 Å². The van der Waals surface area contributed by atoms with Gasteiger partial charge in [-0.2, -0.15) is 0 Å². The molecule has 0 saturated carbocycles. The van der Waals surface area contributed by atoms with E-state index in [2.05, 4.69) is 42.3 Å². The third-order valence-electron chi connectivity index (χ3n) is 4.92. The van der Waals surface area contributed by atoms with Crippen molar-refractivity contribution in [1.29, 1.82) is 0 Å². The van der Waals surface area contributed by atoms with Crippen LogP contribution in [0.25, 0.3) is 0 Å². The fourth-order valence-corrected chi connectivity index (χ4v) is 3.45. The minimum Gasteiger partial charge on any atom is -0.457 e. The first-order valence-electron chi connectivity index (χ1n) is 9.27. The van der Waals surface area contributed by atoms with Crippen molar-refractivity contribution in [1.82, 2.24) is 4.90 Å². The van der Waals surface area contributed by atoms with E-state index >= 15 is 0 Å². The van der Waals surface area contributed by atoms with Gasteiger partial charge in [-0.25, -0.2) is 0 Å². The zero-order chi connectivity index (χ0) is 18.2. The number of hydrogen-bond acceptors (Lipinski definition) is 2. The van der Waals surface area contributed by atoms with Crippen molar-refractivity contribution in [2.45, 2.75) is 18.8 Å². The second-order valence-electron chi connectivity index (χ2n) is 6.72. The molecule has 1 fully saturated rings. The van der Waals surface area contributed by atoms with Gasteiger partial charge in [-0.15, -0.1) is 0 Å². The van der Waals surface area contributed by atoms with Crippen LogP contribution in [0.1, 0.15) is 24.3 Å². The third-order valence-corrected chi connectivity index (χ3v) is 4.92. The third kappa shape index (κ3) is 4.96. The Bertz CT molecular complexity index is 738. The van der Waals surface area contributed by atoms with Gasteiger partial charge in [0.25, 0.3) is 0 Å². The van der Waals surface area contributed by atoms with Gasteiger partial charge in [0.2, 0.25) is 0 Å². The second-order valence-corrected chi connectivity index (χ2v) is 6.72. The molecule has 2 aromatic rings. The summed E-state index contributed by atoms with van der Waals surface area (Å²) >= 11 is 0. The molecule has 0 spiro atoms. The van der Waals surface area contributed by atoms with Crippen molar-refractivity contribution >= 4 is 0 Å². The van der Waals surface area contributed by atoms with E-state index in [4.69, 9.17) is 4.74 Å². The normalized spacial score (nSPS) is 16.2. The van der Waals surface area contributed by atoms with Crippen LogP contribution in [0.5, 0.6) is 11.5 Å². The number of ether oxygens (including phenoxy) is 1. The Morgan fingerprint density at radius 1 is 0.962 bits per heavy atom. The van der Waals surface area contributed by atoms with Crippen LogP contribution in [0.3, 0.4) is 0 Å².